The number of fused-ring (bicyclic) bond motifs is 1. The van der Waals surface area contributed by atoms with Gasteiger partial charge in [-0.15, -0.1) is 0 Å². The third kappa shape index (κ3) is 5.51. The quantitative estimate of drug-likeness (QED) is 0.291. The van der Waals surface area contributed by atoms with Gasteiger partial charge in [-0.2, -0.15) is 0 Å². The minimum absolute atomic E-state index is 0.196. The van der Waals surface area contributed by atoms with E-state index in [0.29, 0.717) is 50.0 Å². The van der Waals surface area contributed by atoms with Crippen LogP contribution in [0, 0.1) is 0 Å². The van der Waals surface area contributed by atoms with Gasteiger partial charge in [0.25, 0.3) is 5.56 Å². The van der Waals surface area contributed by atoms with Crippen molar-refractivity contribution in [1.29, 1.82) is 0 Å². The Morgan fingerprint density at radius 3 is 2.32 bits per heavy atom. The largest absolute Gasteiger partial charge is 0.497 e. The Bertz CT molecular complexity index is 1810. The lowest BCUT2D eigenvalue weighted by atomic mass is 9.96. The molecule has 0 amide bonds. The maximum atomic E-state index is 13.8. The van der Waals surface area contributed by atoms with E-state index in [2.05, 4.69) is 4.99 Å². The number of hydrogen-bond donors (Lipinski definition) is 0. The van der Waals surface area contributed by atoms with E-state index in [1.807, 2.05) is 12.1 Å². The number of benzene rings is 2. The molecule has 0 radical (unpaired) electrons. The fourth-order valence-corrected chi connectivity index (χ4v) is 5.62. The van der Waals surface area contributed by atoms with Crippen LogP contribution in [0.5, 0.6) is 5.75 Å². The molecule has 1 aliphatic heterocycles. The number of carbonyl (C=O) groups is 2. The Hall–Kier alpha value is -4.70. The third-order valence-electron chi connectivity index (χ3n) is 6.53. The van der Waals surface area contributed by atoms with Crippen LogP contribution in [-0.4, -0.2) is 36.8 Å². The molecular weight excluding hydrogens is 544 g/mol. The monoisotopic (exact) mass is 572 g/mol. The highest BCUT2D eigenvalue weighted by atomic mass is 32.1. The minimum Gasteiger partial charge on any atom is -0.497 e. The van der Waals surface area contributed by atoms with Crippen LogP contribution >= 0.6 is 11.3 Å². The van der Waals surface area contributed by atoms with Crippen molar-refractivity contribution in [2.75, 3.05) is 20.3 Å². The number of furan rings is 1. The van der Waals surface area contributed by atoms with E-state index in [0.717, 1.165) is 11.1 Å². The van der Waals surface area contributed by atoms with Crippen LogP contribution in [0.1, 0.15) is 48.5 Å². The molecule has 0 saturated heterocycles. The number of carbonyl (C=O) groups excluding carboxylic acids is 2. The molecule has 0 fully saturated rings. The first-order chi connectivity index (χ1) is 19.8. The first-order valence-electron chi connectivity index (χ1n) is 13.1. The molecular formula is C31H28N2O7S. The second-order valence-corrected chi connectivity index (χ2v) is 10.1. The SMILES string of the molecule is CCOC(=O)C1=C(C)N=c2s/c(=C\c3ccc(-c4ccc(C(=O)OCC)cc4)o3)c(=O)n2C1c1ccc(OC)cc1. The summed E-state index contributed by atoms with van der Waals surface area (Å²) in [6.45, 7) is 5.73. The molecule has 41 heavy (non-hydrogen) atoms. The van der Waals surface area contributed by atoms with E-state index in [-0.39, 0.29) is 18.1 Å². The molecule has 0 aliphatic carbocycles. The predicted molar refractivity (Wildman–Crippen MR) is 153 cm³/mol. The van der Waals surface area contributed by atoms with Crippen molar-refractivity contribution >= 4 is 29.4 Å². The molecule has 1 unspecified atom stereocenters. The molecule has 0 saturated carbocycles. The predicted octanol–water partition coefficient (Wildman–Crippen LogP) is 4.24. The number of ether oxygens (including phenoxy) is 3. The van der Waals surface area contributed by atoms with Crippen molar-refractivity contribution in [2.45, 2.75) is 26.8 Å². The van der Waals surface area contributed by atoms with Gasteiger partial charge in [0, 0.05) is 11.6 Å². The van der Waals surface area contributed by atoms with Crippen LogP contribution in [-0.2, 0) is 14.3 Å². The summed E-state index contributed by atoms with van der Waals surface area (Å²) in [4.78, 5) is 43.8. The summed E-state index contributed by atoms with van der Waals surface area (Å²) in [6.07, 6.45) is 1.66. The summed E-state index contributed by atoms with van der Waals surface area (Å²) in [5.74, 6) is 0.805. The van der Waals surface area contributed by atoms with Crippen molar-refractivity contribution in [3.05, 3.63) is 109 Å². The highest BCUT2D eigenvalue weighted by Gasteiger charge is 2.33. The Morgan fingerprint density at radius 2 is 1.66 bits per heavy atom. The van der Waals surface area contributed by atoms with Crippen molar-refractivity contribution < 1.29 is 28.2 Å². The summed E-state index contributed by atoms with van der Waals surface area (Å²) < 4.78 is 23.6. The summed E-state index contributed by atoms with van der Waals surface area (Å²) >= 11 is 1.21. The highest BCUT2D eigenvalue weighted by molar-refractivity contribution is 7.07. The summed E-state index contributed by atoms with van der Waals surface area (Å²) in [5, 5.41) is 0. The van der Waals surface area contributed by atoms with E-state index >= 15 is 0 Å². The van der Waals surface area contributed by atoms with Gasteiger partial charge in [0.2, 0.25) is 0 Å². The Morgan fingerprint density at radius 1 is 0.976 bits per heavy atom. The van der Waals surface area contributed by atoms with Gasteiger partial charge in [-0.1, -0.05) is 35.6 Å². The van der Waals surface area contributed by atoms with E-state index in [1.54, 1.807) is 82.5 Å². The van der Waals surface area contributed by atoms with Crippen LogP contribution in [0.25, 0.3) is 17.4 Å². The first kappa shape index (κ1) is 27.9. The molecule has 0 spiro atoms. The van der Waals surface area contributed by atoms with Gasteiger partial charge in [0.15, 0.2) is 4.80 Å². The van der Waals surface area contributed by atoms with E-state index < -0.39 is 12.0 Å². The van der Waals surface area contributed by atoms with Crippen LogP contribution in [0.15, 0.2) is 86.1 Å². The average Bonchev–Trinajstić information content (AvgIpc) is 3.57. The molecule has 5 rings (SSSR count). The lowest BCUT2D eigenvalue weighted by Gasteiger charge is -2.24. The molecule has 1 atom stereocenters. The maximum Gasteiger partial charge on any atom is 0.338 e. The molecule has 210 valence electrons. The minimum atomic E-state index is -0.719. The number of methoxy groups -OCH3 is 1. The van der Waals surface area contributed by atoms with Crippen LogP contribution in [0.3, 0.4) is 0 Å². The normalized spacial score (nSPS) is 14.8. The molecule has 0 bridgehead atoms. The Labute approximate surface area is 239 Å². The second kappa shape index (κ2) is 11.8. The van der Waals surface area contributed by atoms with Crippen LogP contribution in [0.4, 0.5) is 0 Å². The van der Waals surface area contributed by atoms with Crippen molar-refractivity contribution in [3.63, 3.8) is 0 Å². The Kier molecular flexibility index (Phi) is 8.02. The average molecular weight is 573 g/mol. The standard InChI is InChI=1S/C31H28N2O7S/c1-5-38-29(35)21-9-7-19(8-10-21)24-16-15-23(40-24)17-25-28(34)33-27(20-11-13-22(37-4)14-12-20)26(30(36)39-6-2)18(3)32-31(33)41-25/h7-17,27H,5-6H2,1-4H3/b25-17-. The number of rotatable bonds is 8. The molecule has 0 N–H and O–H groups in total. The molecule has 10 heteroatoms. The lowest BCUT2D eigenvalue weighted by Crippen LogP contribution is -2.39. The topological polar surface area (TPSA) is 109 Å². The first-order valence-corrected chi connectivity index (χ1v) is 13.9. The number of hydrogen-bond acceptors (Lipinski definition) is 9. The summed E-state index contributed by atoms with van der Waals surface area (Å²) in [5.41, 5.74) is 2.44. The smallest absolute Gasteiger partial charge is 0.338 e. The maximum absolute atomic E-state index is 13.8. The van der Waals surface area contributed by atoms with Gasteiger partial charge in [-0.3, -0.25) is 9.36 Å². The van der Waals surface area contributed by atoms with Crippen molar-refractivity contribution in [3.8, 4) is 17.1 Å². The fourth-order valence-electron chi connectivity index (χ4n) is 4.59. The van der Waals surface area contributed by atoms with Gasteiger partial charge in [-0.05, 0) is 62.7 Å². The molecule has 2 aromatic carbocycles. The van der Waals surface area contributed by atoms with Gasteiger partial charge < -0.3 is 18.6 Å². The molecule has 3 heterocycles. The van der Waals surface area contributed by atoms with Crippen molar-refractivity contribution in [2.24, 2.45) is 4.99 Å². The van der Waals surface area contributed by atoms with E-state index in [4.69, 9.17) is 18.6 Å². The fraction of sp³-hybridized carbons (Fsp3) is 0.226. The lowest BCUT2D eigenvalue weighted by molar-refractivity contribution is -0.139. The summed E-state index contributed by atoms with van der Waals surface area (Å²) in [7, 11) is 1.57. The zero-order valence-corrected chi connectivity index (χ0v) is 23.8. The number of thiazole rings is 1. The zero-order valence-electron chi connectivity index (χ0n) is 23.0. The number of nitrogens with zero attached hydrogens (tertiary/aromatic N) is 2. The number of aromatic nitrogens is 1. The summed E-state index contributed by atoms with van der Waals surface area (Å²) in [6, 6.07) is 17.0. The molecule has 4 aromatic rings. The van der Waals surface area contributed by atoms with Crippen molar-refractivity contribution in [1.82, 2.24) is 4.57 Å². The van der Waals surface area contributed by atoms with Gasteiger partial charge in [-0.25, -0.2) is 14.6 Å². The highest BCUT2D eigenvalue weighted by Crippen LogP contribution is 2.31. The van der Waals surface area contributed by atoms with Gasteiger partial charge >= 0.3 is 11.9 Å². The zero-order chi connectivity index (χ0) is 29.1. The van der Waals surface area contributed by atoms with E-state index in [1.165, 1.54) is 15.9 Å². The number of esters is 2. The number of allylic oxidation sites excluding steroid dienone is 1. The third-order valence-corrected chi connectivity index (χ3v) is 7.51. The second-order valence-electron chi connectivity index (χ2n) is 9.08. The molecule has 9 nitrogen and oxygen atoms in total. The Balaban J connectivity index is 1.54. The van der Waals surface area contributed by atoms with Crippen LogP contribution < -0.4 is 19.6 Å². The van der Waals surface area contributed by atoms with Crippen LogP contribution in [0.2, 0.25) is 0 Å². The van der Waals surface area contributed by atoms with E-state index in [9.17, 15) is 14.4 Å². The van der Waals surface area contributed by atoms with Gasteiger partial charge in [0.1, 0.15) is 17.3 Å². The molecule has 1 aliphatic rings. The van der Waals surface area contributed by atoms with Gasteiger partial charge in [0.05, 0.1) is 47.7 Å². The molecule has 2 aromatic heterocycles.